The highest BCUT2D eigenvalue weighted by Gasteiger charge is 1.98. The van der Waals surface area contributed by atoms with Crippen LogP contribution in [0.5, 0.6) is 0 Å². The second-order valence-corrected chi connectivity index (χ2v) is 3.79. The van der Waals surface area contributed by atoms with Gasteiger partial charge in [-0.2, -0.15) is 0 Å². The van der Waals surface area contributed by atoms with Gasteiger partial charge in [-0.25, -0.2) is 4.98 Å². The first kappa shape index (κ1) is 8.35. The summed E-state index contributed by atoms with van der Waals surface area (Å²) in [5.41, 5.74) is 2.20. The first-order valence-corrected chi connectivity index (χ1v) is 4.28. The Morgan fingerprint density at radius 2 is 2.55 bits per heavy atom. The van der Waals surface area contributed by atoms with E-state index in [0.717, 1.165) is 9.99 Å². The number of nitro groups is 1. The van der Waals surface area contributed by atoms with Gasteiger partial charge in [-0.3, -0.25) is 10.1 Å². The van der Waals surface area contributed by atoms with Crippen molar-refractivity contribution < 1.29 is 4.92 Å². The molecule has 0 atom stereocenters. The first-order chi connectivity index (χ1) is 5.20. The molecule has 0 aliphatic heterocycles. The molecule has 0 aromatic carbocycles. The lowest BCUT2D eigenvalue weighted by molar-refractivity contribution is -0.401. The van der Waals surface area contributed by atoms with Crippen molar-refractivity contribution in [3.8, 4) is 0 Å². The number of nitrogens with zero attached hydrogens (tertiary/aromatic N) is 2. The van der Waals surface area contributed by atoms with Crippen LogP contribution in [0.2, 0.25) is 0 Å². The highest BCUT2D eigenvalue weighted by atomic mass is 79.9. The molecule has 0 aliphatic rings. The summed E-state index contributed by atoms with van der Waals surface area (Å²) in [7, 11) is 0. The van der Waals surface area contributed by atoms with E-state index in [2.05, 4.69) is 20.9 Å². The molecule has 1 heterocycles. The summed E-state index contributed by atoms with van der Waals surface area (Å²) in [6.45, 7) is 0. The third kappa shape index (κ3) is 2.39. The van der Waals surface area contributed by atoms with Crippen molar-refractivity contribution in [2.75, 3.05) is 0 Å². The Bertz CT molecular complexity index is 296. The van der Waals surface area contributed by atoms with Gasteiger partial charge in [0.2, 0.25) is 6.20 Å². The van der Waals surface area contributed by atoms with Gasteiger partial charge in [0.15, 0.2) is 0 Å². The van der Waals surface area contributed by atoms with Gasteiger partial charge in [-0.15, -0.1) is 11.3 Å². The van der Waals surface area contributed by atoms with Crippen molar-refractivity contribution in [1.29, 1.82) is 0 Å². The van der Waals surface area contributed by atoms with Crippen LogP contribution in [0.15, 0.2) is 15.5 Å². The van der Waals surface area contributed by atoms with Crippen molar-refractivity contribution in [2.24, 2.45) is 0 Å². The van der Waals surface area contributed by atoms with Crippen LogP contribution in [-0.2, 0) is 0 Å². The van der Waals surface area contributed by atoms with Crippen molar-refractivity contribution in [3.63, 3.8) is 0 Å². The van der Waals surface area contributed by atoms with Gasteiger partial charge in [0.1, 0.15) is 0 Å². The van der Waals surface area contributed by atoms with Crippen molar-refractivity contribution in [3.05, 3.63) is 31.3 Å². The summed E-state index contributed by atoms with van der Waals surface area (Å²) >= 11 is 4.59. The molecule has 0 radical (unpaired) electrons. The molecule has 6 heteroatoms. The fourth-order valence-electron chi connectivity index (χ4n) is 0.481. The maximum Gasteiger partial charge on any atom is 0.236 e. The Kier molecular flexibility index (Phi) is 2.72. The maximum absolute atomic E-state index is 9.88. The molecule has 1 rings (SSSR count). The van der Waals surface area contributed by atoms with E-state index in [4.69, 9.17) is 0 Å². The van der Waals surface area contributed by atoms with Gasteiger partial charge in [0.05, 0.1) is 19.9 Å². The maximum atomic E-state index is 9.88. The van der Waals surface area contributed by atoms with Crippen LogP contribution in [0.4, 0.5) is 0 Å². The zero-order valence-corrected chi connectivity index (χ0v) is 7.63. The first-order valence-electron chi connectivity index (χ1n) is 2.61. The highest BCUT2D eigenvalue weighted by Crippen LogP contribution is 2.21. The van der Waals surface area contributed by atoms with Gasteiger partial charge in [0.25, 0.3) is 0 Å². The smallest absolute Gasteiger partial charge is 0.236 e. The molecule has 0 N–H and O–H groups in total. The van der Waals surface area contributed by atoms with Crippen LogP contribution in [-0.4, -0.2) is 9.91 Å². The van der Waals surface area contributed by atoms with E-state index >= 15 is 0 Å². The van der Waals surface area contributed by atoms with Gasteiger partial charge in [-0.1, -0.05) is 0 Å². The number of hydrogen-bond donors (Lipinski definition) is 0. The van der Waals surface area contributed by atoms with E-state index in [-0.39, 0.29) is 0 Å². The minimum Gasteiger partial charge on any atom is -0.259 e. The number of rotatable bonds is 2. The molecule has 0 saturated heterocycles. The fraction of sp³-hybridized carbons (Fsp3) is 0. The monoisotopic (exact) mass is 234 g/mol. The number of aromatic nitrogens is 1. The summed E-state index contributed by atoms with van der Waals surface area (Å²) in [6.07, 6.45) is 2.21. The second-order valence-electron chi connectivity index (χ2n) is 1.61. The van der Waals surface area contributed by atoms with Crippen LogP contribution in [0.25, 0.3) is 6.08 Å². The Balaban J connectivity index is 2.79. The predicted octanol–water partition coefficient (Wildman–Crippen LogP) is 2.15. The average Bonchev–Trinajstić information content (AvgIpc) is 2.31. The van der Waals surface area contributed by atoms with E-state index in [1.54, 1.807) is 5.51 Å². The van der Waals surface area contributed by atoms with Crippen molar-refractivity contribution in [1.82, 2.24) is 4.98 Å². The SMILES string of the molecule is O=[N+]([O-])/C=C\c1ncsc1Br. The van der Waals surface area contributed by atoms with Gasteiger partial charge >= 0.3 is 0 Å². The molecule has 1 aromatic heterocycles. The molecule has 0 fully saturated rings. The molecular formula is C5H3BrN2O2S. The van der Waals surface area contributed by atoms with Gasteiger partial charge < -0.3 is 0 Å². The Morgan fingerprint density at radius 3 is 3.00 bits per heavy atom. The molecule has 58 valence electrons. The summed E-state index contributed by atoms with van der Waals surface area (Å²) in [6, 6.07) is 0. The number of thiazole rings is 1. The summed E-state index contributed by atoms with van der Waals surface area (Å²) in [5.74, 6) is 0. The lowest BCUT2D eigenvalue weighted by Crippen LogP contribution is -1.82. The molecule has 0 spiro atoms. The van der Waals surface area contributed by atoms with Crippen molar-refractivity contribution in [2.45, 2.75) is 0 Å². The Labute approximate surface area is 74.9 Å². The van der Waals surface area contributed by atoms with E-state index in [1.165, 1.54) is 17.4 Å². The lowest BCUT2D eigenvalue weighted by Gasteiger charge is -1.81. The van der Waals surface area contributed by atoms with Gasteiger partial charge in [0, 0.05) is 6.08 Å². The van der Waals surface area contributed by atoms with Crippen LogP contribution < -0.4 is 0 Å². The zero-order valence-electron chi connectivity index (χ0n) is 5.23. The van der Waals surface area contributed by atoms with E-state index in [9.17, 15) is 10.1 Å². The molecule has 0 bridgehead atoms. The standard InChI is InChI=1S/C5H3BrN2O2S/c6-5-4(7-3-11-5)1-2-8(9)10/h1-3H/b2-1-. The lowest BCUT2D eigenvalue weighted by atomic mass is 10.5. The minimum atomic E-state index is -0.522. The summed E-state index contributed by atoms with van der Waals surface area (Å²) < 4.78 is 0.801. The number of halogens is 1. The number of hydrogen-bond acceptors (Lipinski definition) is 4. The zero-order chi connectivity index (χ0) is 8.27. The van der Waals surface area contributed by atoms with Crippen LogP contribution >= 0.6 is 27.3 Å². The molecule has 0 aliphatic carbocycles. The average molecular weight is 235 g/mol. The van der Waals surface area contributed by atoms with Crippen LogP contribution in [0.3, 0.4) is 0 Å². The third-order valence-electron chi connectivity index (χ3n) is 0.903. The van der Waals surface area contributed by atoms with E-state index < -0.39 is 4.92 Å². The summed E-state index contributed by atoms with van der Waals surface area (Å²) in [5, 5.41) is 9.88. The van der Waals surface area contributed by atoms with E-state index in [1.807, 2.05) is 0 Å². The Hall–Kier alpha value is -0.750. The van der Waals surface area contributed by atoms with Crippen molar-refractivity contribution >= 4 is 33.3 Å². The highest BCUT2D eigenvalue weighted by molar-refractivity contribution is 9.11. The third-order valence-corrected chi connectivity index (χ3v) is 2.50. The van der Waals surface area contributed by atoms with Crippen LogP contribution in [0, 0.1) is 10.1 Å². The quantitative estimate of drug-likeness (QED) is 0.582. The molecule has 4 nitrogen and oxygen atoms in total. The topological polar surface area (TPSA) is 56.0 Å². The van der Waals surface area contributed by atoms with Crippen LogP contribution in [0.1, 0.15) is 5.69 Å². The largest absolute Gasteiger partial charge is 0.259 e. The molecule has 1 aromatic rings. The second kappa shape index (κ2) is 3.59. The van der Waals surface area contributed by atoms with Gasteiger partial charge in [-0.05, 0) is 15.9 Å². The molecule has 11 heavy (non-hydrogen) atoms. The summed E-state index contributed by atoms with van der Waals surface area (Å²) in [4.78, 5) is 13.2. The Morgan fingerprint density at radius 1 is 1.82 bits per heavy atom. The molecule has 0 unspecified atom stereocenters. The normalized spacial score (nSPS) is 10.6. The minimum absolute atomic E-state index is 0.522. The molecule has 0 amide bonds. The fourth-order valence-corrected chi connectivity index (χ4v) is 1.47. The van der Waals surface area contributed by atoms with E-state index in [0.29, 0.717) is 5.69 Å². The molecular weight excluding hydrogens is 232 g/mol. The molecule has 0 saturated carbocycles. The predicted molar refractivity (Wildman–Crippen MR) is 45.8 cm³/mol.